The van der Waals surface area contributed by atoms with Crippen molar-refractivity contribution >= 4 is 49.6 Å². The third-order valence-electron chi connectivity index (χ3n) is 2.68. The molecule has 5 nitrogen and oxygen atoms in total. The molecule has 0 spiro atoms. The third kappa shape index (κ3) is 2.25. The van der Waals surface area contributed by atoms with Crippen molar-refractivity contribution in [1.82, 2.24) is 9.97 Å². The summed E-state index contributed by atoms with van der Waals surface area (Å²) in [7, 11) is 0. The monoisotopic (exact) mass is 304 g/mol. The predicted octanol–water partition coefficient (Wildman–Crippen LogP) is 3.00. The molecule has 2 heterocycles. The first kappa shape index (κ1) is 13.0. The summed E-state index contributed by atoms with van der Waals surface area (Å²) in [5.41, 5.74) is 6.65. The molecule has 0 aliphatic carbocycles. The zero-order chi connectivity index (χ0) is 14.1. The second kappa shape index (κ2) is 5.18. The van der Waals surface area contributed by atoms with Gasteiger partial charge in [-0.05, 0) is 19.1 Å². The number of thiazole rings is 2. The number of ketones is 1. The minimum Gasteiger partial charge on any atom is -0.382 e. The molecule has 20 heavy (non-hydrogen) atoms. The number of fused-ring (bicyclic) bond motifs is 1. The Hall–Kier alpha value is -1.99. The number of nitrogens with zero attached hydrogens (tertiary/aromatic N) is 2. The second-order valence-electron chi connectivity index (χ2n) is 4.08. The molecule has 0 atom stereocenters. The number of nitrogens with one attached hydrogen (secondary N) is 1. The fourth-order valence-corrected chi connectivity index (χ4v) is 3.66. The number of hydrogen-bond acceptors (Lipinski definition) is 7. The number of nitrogen functional groups attached to an aromatic ring is 1. The van der Waals surface area contributed by atoms with Crippen LogP contribution in [0.4, 0.5) is 10.9 Å². The fourth-order valence-electron chi connectivity index (χ4n) is 1.79. The first-order valence-corrected chi connectivity index (χ1v) is 7.72. The minimum atomic E-state index is -0.162. The van der Waals surface area contributed by atoms with Crippen LogP contribution in [0.2, 0.25) is 0 Å². The van der Waals surface area contributed by atoms with E-state index in [1.165, 1.54) is 22.7 Å². The van der Waals surface area contributed by atoms with E-state index in [1.807, 2.05) is 31.2 Å². The average Bonchev–Trinajstić information content (AvgIpc) is 3.02. The summed E-state index contributed by atoms with van der Waals surface area (Å²) in [5.74, 6) is 0.0977. The molecule has 0 aliphatic heterocycles. The Balaban J connectivity index is 1.99. The Kier molecular flexibility index (Phi) is 3.37. The number of hydrogen-bond donors (Lipinski definition) is 2. The number of anilines is 2. The first-order valence-electron chi connectivity index (χ1n) is 6.09. The maximum Gasteiger partial charge on any atom is 0.235 e. The number of rotatable bonds is 4. The van der Waals surface area contributed by atoms with Crippen molar-refractivity contribution in [3.05, 3.63) is 34.2 Å². The van der Waals surface area contributed by atoms with E-state index in [2.05, 4.69) is 15.3 Å². The van der Waals surface area contributed by atoms with Crippen molar-refractivity contribution in [2.75, 3.05) is 17.6 Å². The first-order chi connectivity index (χ1) is 9.69. The van der Waals surface area contributed by atoms with Crippen LogP contribution < -0.4 is 11.1 Å². The van der Waals surface area contributed by atoms with Gasteiger partial charge in [0.1, 0.15) is 10.7 Å². The zero-order valence-electron chi connectivity index (χ0n) is 10.7. The van der Waals surface area contributed by atoms with Crippen molar-refractivity contribution < 1.29 is 4.79 Å². The Morgan fingerprint density at radius 2 is 2.10 bits per heavy atom. The van der Waals surface area contributed by atoms with E-state index in [0.717, 1.165) is 16.8 Å². The van der Waals surface area contributed by atoms with E-state index in [4.69, 9.17) is 5.73 Å². The molecular formula is C13H12N4OS2. The largest absolute Gasteiger partial charge is 0.382 e. The molecule has 3 aromatic rings. The number of aromatic nitrogens is 2. The van der Waals surface area contributed by atoms with Crippen LogP contribution in [0.3, 0.4) is 0 Å². The number of carbonyl (C=O) groups is 1. The number of nitrogens with two attached hydrogens (primary N) is 1. The molecule has 3 rings (SSSR count). The van der Waals surface area contributed by atoms with Gasteiger partial charge >= 0.3 is 0 Å². The van der Waals surface area contributed by atoms with E-state index in [0.29, 0.717) is 15.0 Å². The molecule has 0 saturated carbocycles. The molecule has 1 aromatic carbocycles. The minimum absolute atomic E-state index is 0.162. The van der Waals surface area contributed by atoms with Crippen LogP contribution in [0.15, 0.2) is 24.3 Å². The Bertz CT molecular complexity index is 745. The summed E-state index contributed by atoms with van der Waals surface area (Å²) in [6.45, 7) is 2.70. The summed E-state index contributed by atoms with van der Waals surface area (Å²) < 4.78 is 0.992. The van der Waals surface area contributed by atoms with Crippen molar-refractivity contribution in [3.63, 3.8) is 0 Å². The summed E-state index contributed by atoms with van der Waals surface area (Å²) in [4.78, 5) is 21.4. The van der Waals surface area contributed by atoms with Crippen molar-refractivity contribution in [1.29, 1.82) is 0 Å². The number of benzene rings is 1. The topological polar surface area (TPSA) is 80.9 Å². The van der Waals surface area contributed by atoms with Crippen LogP contribution in [0, 0.1) is 0 Å². The van der Waals surface area contributed by atoms with Crippen LogP contribution in [0.25, 0.3) is 10.2 Å². The molecule has 7 heteroatoms. The highest BCUT2D eigenvalue weighted by atomic mass is 32.1. The Morgan fingerprint density at radius 1 is 1.30 bits per heavy atom. The van der Waals surface area contributed by atoms with E-state index in [1.54, 1.807) is 0 Å². The van der Waals surface area contributed by atoms with Gasteiger partial charge in [0.15, 0.2) is 10.1 Å². The lowest BCUT2D eigenvalue weighted by Crippen LogP contribution is -2.01. The van der Waals surface area contributed by atoms with Crippen LogP contribution in [-0.2, 0) is 0 Å². The lowest BCUT2D eigenvalue weighted by Gasteiger charge is -1.93. The summed E-state index contributed by atoms with van der Waals surface area (Å²) in [5, 5.41) is 4.17. The van der Waals surface area contributed by atoms with E-state index >= 15 is 0 Å². The Labute approximate surface area is 123 Å². The molecule has 0 radical (unpaired) electrons. The van der Waals surface area contributed by atoms with Gasteiger partial charge < -0.3 is 11.1 Å². The molecule has 102 valence electrons. The maximum atomic E-state index is 12.5. The molecule has 0 bridgehead atoms. The molecule has 0 unspecified atom stereocenters. The van der Waals surface area contributed by atoms with Crippen molar-refractivity contribution in [2.45, 2.75) is 6.92 Å². The van der Waals surface area contributed by atoms with Gasteiger partial charge in [0.05, 0.1) is 10.2 Å². The maximum absolute atomic E-state index is 12.5. The molecule has 2 aromatic heterocycles. The van der Waals surface area contributed by atoms with Gasteiger partial charge in [-0.3, -0.25) is 4.79 Å². The van der Waals surface area contributed by atoms with E-state index in [9.17, 15) is 4.79 Å². The van der Waals surface area contributed by atoms with Crippen LogP contribution in [0.5, 0.6) is 0 Å². The normalized spacial score (nSPS) is 10.8. The van der Waals surface area contributed by atoms with Gasteiger partial charge in [0, 0.05) is 6.54 Å². The summed E-state index contributed by atoms with van der Waals surface area (Å²) >= 11 is 2.64. The molecule has 3 N–H and O–H groups in total. The summed E-state index contributed by atoms with van der Waals surface area (Å²) in [6.07, 6.45) is 0. The number of carbonyl (C=O) groups excluding carboxylic acids is 1. The van der Waals surface area contributed by atoms with Crippen LogP contribution >= 0.6 is 22.7 Å². The Morgan fingerprint density at radius 3 is 2.85 bits per heavy atom. The zero-order valence-corrected chi connectivity index (χ0v) is 12.3. The van der Waals surface area contributed by atoms with E-state index in [-0.39, 0.29) is 11.6 Å². The highest BCUT2D eigenvalue weighted by Crippen LogP contribution is 2.30. The van der Waals surface area contributed by atoms with E-state index < -0.39 is 0 Å². The highest BCUT2D eigenvalue weighted by Gasteiger charge is 2.21. The van der Waals surface area contributed by atoms with Crippen molar-refractivity contribution in [2.24, 2.45) is 0 Å². The molecule has 0 fully saturated rings. The van der Waals surface area contributed by atoms with Gasteiger partial charge in [0.25, 0.3) is 0 Å². The van der Waals surface area contributed by atoms with Gasteiger partial charge in [0.2, 0.25) is 5.78 Å². The standard InChI is InChI=1S/C13H12N4OS2/c1-2-15-13-17-11(14)10(20-13)9(18)12-16-7-5-3-4-6-8(7)19-12/h3-6H,2,14H2,1H3,(H,15,17). The third-order valence-corrected chi connectivity index (χ3v) is 4.74. The highest BCUT2D eigenvalue weighted by molar-refractivity contribution is 7.22. The fraction of sp³-hybridized carbons (Fsp3) is 0.154. The molecule has 0 aliphatic rings. The van der Waals surface area contributed by atoms with Gasteiger partial charge in [-0.15, -0.1) is 11.3 Å². The SMILES string of the molecule is CCNc1nc(N)c(C(=O)c2nc3ccccc3s2)s1. The molecular weight excluding hydrogens is 292 g/mol. The molecule has 0 saturated heterocycles. The van der Waals surface area contributed by atoms with Crippen LogP contribution in [-0.4, -0.2) is 22.3 Å². The lowest BCUT2D eigenvalue weighted by molar-refractivity contribution is 0.104. The van der Waals surface area contributed by atoms with Gasteiger partial charge in [-0.2, -0.15) is 0 Å². The van der Waals surface area contributed by atoms with Crippen LogP contribution in [0.1, 0.15) is 21.6 Å². The summed E-state index contributed by atoms with van der Waals surface area (Å²) in [6, 6.07) is 7.67. The van der Waals surface area contributed by atoms with Gasteiger partial charge in [-0.25, -0.2) is 9.97 Å². The predicted molar refractivity (Wildman–Crippen MR) is 83.7 cm³/mol. The molecule has 0 amide bonds. The average molecular weight is 304 g/mol. The van der Waals surface area contributed by atoms with Crippen molar-refractivity contribution in [3.8, 4) is 0 Å². The van der Waals surface area contributed by atoms with Gasteiger partial charge in [-0.1, -0.05) is 23.5 Å². The number of para-hydroxylation sites is 1. The lowest BCUT2D eigenvalue weighted by atomic mass is 10.3. The second-order valence-corrected chi connectivity index (χ2v) is 6.11. The smallest absolute Gasteiger partial charge is 0.235 e. The quantitative estimate of drug-likeness (QED) is 0.724.